The molecule has 0 aliphatic carbocycles. The summed E-state index contributed by atoms with van der Waals surface area (Å²) in [5.74, 6) is 0.933. The average Bonchev–Trinajstić information content (AvgIpc) is 2.51. The lowest BCUT2D eigenvalue weighted by atomic mass is 9.93. The number of nitrogens with zero attached hydrogens (tertiary/aromatic N) is 1. The van der Waals surface area contributed by atoms with Crippen LogP contribution >= 0.6 is 0 Å². The quantitative estimate of drug-likeness (QED) is 0.789. The molecule has 3 nitrogen and oxygen atoms in total. The van der Waals surface area contributed by atoms with E-state index < -0.39 is 0 Å². The van der Waals surface area contributed by atoms with E-state index in [9.17, 15) is 0 Å². The molecule has 0 bridgehead atoms. The molecule has 2 N–H and O–H groups in total. The Kier molecular flexibility index (Phi) is 7.03. The van der Waals surface area contributed by atoms with Gasteiger partial charge in [0.15, 0.2) is 0 Å². The fourth-order valence-corrected chi connectivity index (χ4v) is 2.81. The van der Waals surface area contributed by atoms with E-state index in [1.54, 1.807) is 7.11 Å². The lowest BCUT2D eigenvalue weighted by Crippen LogP contribution is -2.45. The van der Waals surface area contributed by atoms with Gasteiger partial charge in [0, 0.05) is 17.6 Å². The minimum absolute atomic E-state index is 0.111. The van der Waals surface area contributed by atoms with E-state index in [1.807, 2.05) is 12.1 Å². The summed E-state index contributed by atoms with van der Waals surface area (Å²) in [5, 5.41) is 0. The Hall–Kier alpha value is -1.06. The van der Waals surface area contributed by atoms with Gasteiger partial charge < -0.3 is 10.5 Å². The normalized spacial score (nSPS) is 15.9. The number of likely N-dealkylation sites (N-methyl/N-ethyl adjacent to an activating group) is 1. The summed E-state index contributed by atoms with van der Waals surface area (Å²) in [6.45, 7) is 9.85. The fourth-order valence-electron chi connectivity index (χ4n) is 2.81. The third-order valence-electron chi connectivity index (χ3n) is 4.21. The van der Waals surface area contributed by atoms with Gasteiger partial charge in [-0.3, -0.25) is 4.90 Å². The minimum Gasteiger partial charge on any atom is -0.496 e. The van der Waals surface area contributed by atoms with Gasteiger partial charge in [0.25, 0.3) is 0 Å². The van der Waals surface area contributed by atoms with Gasteiger partial charge in [0.05, 0.1) is 13.2 Å². The van der Waals surface area contributed by atoms with Crippen LogP contribution in [0.4, 0.5) is 0 Å². The molecule has 0 heterocycles. The minimum atomic E-state index is 0.111. The van der Waals surface area contributed by atoms with Crippen LogP contribution in [-0.4, -0.2) is 30.6 Å². The molecule has 0 aliphatic rings. The number of methoxy groups -OCH3 is 1. The standard InChI is InChI=1S/C17H30N2O/c1-6-13(4)19(8-3)17(15(18)7-2)14-11-9-10-12-16(14)20-5/h9-13,15,17H,6-8,18H2,1-5H3. The highest BCUT2D eigenvalue weighted by atomic mass is 16.5. The van der Waals surface area contributed by atoms with Crippen molar-refractivity contribution >= 4 is 0 Å². The SMILES string of the molecule is CCC(N)C(c1ccccc1OC)N(CC)C(C)CC. The second-order valence-corrected chi connectivity index (χ2v) is 5.35. The number of nitrogens with two attached hydrogens (primary N) is 1. The van der Waals surface area contributed by atoms with Gasteiger partial charge in [-0.2, -0.15) is 0 Å². The fraction of sp³-hybridized carbons (Fsp3) is 0.647. The summed E-state index contributed by atoms with van der Waals surface area (Å²) in [6.07, 6.45) is 2.07. The van der Waals surface area contributed by atoms with E-state index in [0.29, 0.717) is 6.04 Å². The molecule has 0 spiro atoms. The van der Waals surface area contributed by atoms with E-state index in [4.69, 9.17) is 10.5 Å². The van der Waals surface area contributed by atoms with Crippen LogP contribution in [0.2, 0.25) is 0 Å². The van der Waals surface area contributed by atoms with Gasteiger partial charge in [0.1, 0.15) is 5.75 Å². The van der Waals surface area contributed by atoms with Gasteiger partial charge in [-0.15, -0.1) is 0 Å². The molecule has 0 amide bonds. The molecule has 3 atom stereocenters. The van der Waals surface area contributed by atoms with Crippen LogP contribution in [0, 0.1) is 0 Å². The lowest BCUT2D eigenvalue weighted by molar-refractivity contribution is 0.123. The molecule has 0 fully saturated rings. The number of ether oxygens (including phenoxy) is 1. The molecule has 0 aliphatic heterocycles. The number of para-hydroxylation sites is 1. The predicted molar refractivity (Wildman–Crippen MR) is 86.1 cm³/mol. The molecule has 0 radical (unpaired) electrons. The van der Waals surface area contributed by atoms with E-state index >= 15 is 0 Å². The maximum Gasteiger partial charge on any atom is 0.123 e. The van der Waals surface area contributed by atoms with Crippen LogP contribution in [0.5, 0.6) is 5.75 Å². The Morgan fingerprint density at radius 1 is 1.15 bits per heavy atom. The molecule has 1 rings (SSSR count). The number of hydrogen-bond acceptors (Lipinski definition) is 3. The Labute approximate surface area is 124 Å². The summed E-state index contributed by atoms with van der Waals surface area (Å²) < 4.78 is 5.55. The molecule has 0 aromatic heterocycles. The molecule has 0 saturated carbocycles. The van der Waals surface area contributed by atoms with Crippen LogP contribution < -0.4 is 10.5 Å². The highest BCUT2D eigenvalue weighted by molar-refractivity contribution is 5.37. The smallest absolute Gasteiger partial charge is 0.123 e. The molecular weight excluding hydrogens is 248 g/mol. The first-order chi connectivity index (χ1) is 9.60. The average molecular weight is 278 g/mol. The van der Waals surface area contributed by atoms with Crippen LogP contribution in [0.1, 0.15) is 52.1 Å². The van der Waals surface area contributed by atoms with Crippen LogP contribution in [0.15, 0.2) is 24.3 Å². The third-order valence-corrected chi connectivity index (χ3v) is 4.21. The highest BCUT2D eigenvalue weighted by Gasteiger charge is 2.29. The zero-order chi connectivity index (χ0) is 15.1. The van der Waals surface area contributed by atoms with Crippen molar-refractivity contribution < 1.29 is 4.74 Å². The first-order valence-electron chi connectivity index (χ1n) is 7.74. The summed E-state index contributed by atoms with van der Waals surface area (Å²) in [5.41, 5.74) is 7.65. The Balaban J connectivity index is 3.23. The summed E-state index contributed by atoms with van der Waals surface area (Å²) >= 11 is 0. The van der Waals surface area contributed by atoms with Gasteiger partial charge in [0.2, 0.25) is 0 Å². The van der Waals surface area contributed by atoms with Gasteiger partial charge in [-0.1, -0.05) is 39.0 Å². The van der Waals surface area contributed by atoms with E-state index in [1.165, 1.54) is 5.56 Å². The zero-order valence-electron chi connectivity index (χ0n) is 13.6. The lowest BCUT2D eigenvalue weighted by Gasteiger charge is -2.39. The van der Waals surface area contributed by atoms with Gasteiger partial charge >= 0.3 is 0 Å². The van der Waals surface area contributed by atoms with Gasteiger partial charge in [-0.25, -0.2) is 0 Å². The van der Waals surface area contributed by atoms with Crippen molar-refractivity contribution in [3.63, 3.8) is 0 Å². The molecule has 0 saturated heterocycles. The first-order valence-corrected chi connectivity index (χ1v) is 7.74. The second-order valence-electron chi connectivity index (χ2n) is 5.35. The monoisotopic (exact) mass is 278 g/mol. The van der Waals surface area contributed by atoms with E-state index in [-0.39, 0.29) is 12.1 Å². The summed E-state index contributed by atoms with van der Waals surface area (Å²) in [4.78, 5) is 2.49. The number of benzene rings is 1. The van der Waals surface area contributed by atoms with Crippen molar-refractivity contribution in [1.29, 1.82) is 0 Å². The van der Waals surface area contributed by atoms with E-state index in [2.05, 4.69) is 44.7 Å². The Bertz CT molecular complexity index is 394. The van der Waals surface area contributed by atoms with Crippen molar-refractivity contribution in [3.05, 3.63) is 29.8 Å². The maximum atomic E-state index is 6.44. The van der Waals surface area contributed by atoms with Gasteiger partial charge in [-0.05, 0) is 32.4 Å². The van der Waals surface area contributed by atoms with E-state index in [0.717, 1.165) is 25.1 Å². The molecule has 1 aromatic rings. The number of hydrogen-bond donors (Lipinski definition) is 1. The Morgan fingerprint density at radius 3 is 2.30 bits per heavy atom. The third kappa shape index (κ3) is 3.74. The van der Waals surface area contributed by atoms with Crippen molar-refractivity contribution in [2.75, 3.05) is 13.7 Å². The van der Waals surface area contributed by atoms with Crippen molar-refractivity contribution in [2.24, 2.45) is 5.73 Å². The zero-order valence-corrected chi connectivity index (χ0v) is 13.6. The molecule has 3 heteroatoms. The molecule has 20 heavy (non-hydrogen) atoms. The molecule has 1 aromatic carbocycles. The topological polar surface area (TPSA) is 38.5 Å². The van der Waals surface area contributed by atoms with Crippen molar-refractivity contribution in [3.8, 4) is 5.75 Å². The predicted octanol–water partition coefficient (Wildman–Crippen LogP) is 3.59. The largest absolute Gasteiger partial charge is 0.496 e. The van der Waals surface area contributed by atoms with Crippen LogP contribution in [-0.2, 0) is 0 Å². The number of rotatable bonds is 8. The van der Waals surface area contributed by atoms with Crippen molar-refractivity contribution in [2.45, 2.75) is 58.7 Å². The maximum absolute atomic E-state index is 6.44. The summed E-state index contributed by atoms with van der Waals surface area (Å²) in [6, 6.07) is 9.07. The summed E-state index contributed by atoms with van der Waals surface area (Å²) in [7, 11) is 1.73. The molecular formula is C17H30N2O. The van der Waals surface area contributed by atoms with Crippen LogP contribution in [0.3, 0.4) is 0 Å². The first kappa shape index (κ1) is 17.0. The second kappa shape index (κ2) is 8.28. The highest BCUT2D eigenvalue weighted by Crippen LogP contribution is 2.33. The molecule has 114 valence electrons. The van der Waals surface area contributed by atoms with Crippen molar-refractivity contribution in [1.82, 2.24) is 4.90 Å². The molecule has 3 unspecified atom stereocenters. The Morgan fingerprint density at radius 2 is 1.80 bits per heavy atom. The van der Waals surface area contributed by atoms with Crippen LogP contribution in [0.25, 0.3) is 0 Å².